The lowest BCUT2D eigenvalue weighted by Crippen LogP contribution is -2.37. The van der Waals surface area contributed by atoms with Crippen molar-refractivity contribution < 1.29 is 19.1 Å². The predicted molar refractivity (Wildman–Crippen MR) is 151 cm³/mol. The number of carbonyl (C=O) groups excluding carboxylic acids is 2. The second-order valence-electron chi connectivity index (χ2n) is 8.73. The Bertz CT molecular complexity index is 1590. The standard InChI is InChI=1S/C30H23Br2NO4/c1-3-18-5-4-6-24-25-16-27(37-30(35)20-9-13-23(32)14-10-20)26(15-21(25)17-33(2)28(18)24)36-29(34)19-7-11-22(31)12-8-19/h4-5,7-17H,3,6H2,1-2H3. The van der Waals surface area contributed by atoms with Crippen molar-refractivity contribution in [3.05, 3.63) is 115 Å². The molecule has 0 bridgehead atoms. The van der Waals surface area contributed by atoms with Crippen LogP contribution in [0.4, 0.5) is 0 Å². The minimum absolute atomic E-state index is 0.178. The van der Waals surface area contributed by atoms with Crippen LogP contribution >= 0.6 is 31.9 Å². The average Bonchev–Trinajstić information content (AvgIpc) is 2.89. The van der Waals surface area contributed by atoms with Gasteiger partial charge in [0, 0.05) is 33.1 Å². The topological polar surface area (TPSA) is 55.8 Å². The van der Waals surface area contributed by atoms with E-state index in [9.17, 15) is 9.59 Å². The Balaban J connectivity index is 1.62. The molecule has 1 aliphatic carbocycles. The fraction of sp³-hybridized carbons (Fsp3) is 0.133. The number of esters is 2. The van der Waals surface area contributed by atoms with Crippen LogP contribution < -0.4 is 19.9 Å². The van der Waals surface area contributed by atoms with Crippen molar-refractivity contribution in [1.82, 2.24) is 4.90 Å². The summed E-state index contributed by atoms with van der Waals surface area (Å²) in [5.41, 5.74) is 4.31. The minimum Gasteiger partial charge on any atom is -0.419 e. The maximum absolute atomic E-state index is 13.0. The van der Waals surface area contributed by atoms with Gasteiger partial charge < -0.3 is 14.4 Å². The molecule has 0 aromatic heterocycles. The Kier molecular flexibility index (Phi) is 7.17. The summed E-state index contributed by atoms with van der Waals surface area (Å²) in [6, 6.07) is 17.4. The van der Waals surface area contributed by atoms with Crippen molar-refractivity contribution in [2.24, 2.45) is 0 Å². The van der Waals surface area contributed by atoms with E-state index in [2.05, 4.69) is 55.8 Å². The SMILES string of the molecule is CCC1=C2C(=c3cc(OC(=O)c4ccc(Br)cc4)c(OC(=O)c4ccc(Br)cc4)cc3=CN2C)CC=C1. The summed E-state index contributed by atoms with van der Waals surface area (Å²) < 4.78 is 13.3. The summed E-state index contributed by atoms with van der Waals surface area (Å²) in [6.07, 6.45) is 7.98. The molecule has 0 fully saturated rings. The van der Waals surface area contributed by atoms with Crippen molar-refractivity contribution in [2.75, 3.05) is 7.05 Å². The molecule has 3 aromatic rings. The van der Waals surface area contributed by atoms with Crippen LogP contribution in [0.3, 0.4) is 0 Å². The second-order valence-corrected chi connectivity index (χ2v) is 10.6. The van der Waals surface area contributed by atoms with E-state index in [1.807, 2.05) is 19.3 Å². The summed E-state index contributed by atoms with van der Waals surface area (Å²) in [6.45, 7) is 2.13. The highest BCUT2D eigenvalue weighted by Gasteiger charge is 2.23. The van der Waals surface area contributed by atoms with E-state index in [0.717, 1.165) is 43.5 Å². The van der Waals surface area contributed by atoms with Gasteiger partial charge in [0.1, 0.15) is 0 Å². The van der Waals surface area contributed by atoms with Gasteiger partial charge in [0.25, 0.3) is 0 Å². The van der Waals surface area contributed by atoms with Gasteiger partial charge in [0.15, 0.2) is 11.5 Å². The molecular weight excluding hydrogens is 598 g/mol. The molecule has 0 radical (unpaired) electrons. The molecule has 3 aromatic carbocycles. The highest BCUT2D eigenvalue weighted by Crippen LogP contribution is 2.32. The highest BCUT2D eigenvalue weighted by molar-refractivity contribution is 9.10. The second kappa shape index (κ2) is 10.5. The molecule has 1 heterocycles. The van der Waals surface area contributed by atoms with E-state index in [4.69, 9.17) is 9.47 Å². The monoisotopic (exact) mass is 619 g/mol. The summed E-state index contributed by atoms with van der Waals surface area (Å²) >= 11 is 6.76. The lowest BCUT2D eigenvalue weighted by Gasteiger charge is -2.29. The molecule has 0 N–H and O–H groups in total. The number of hydrogen-bond acceptors (Lipinski definition) is 5. The van der Waals surface area contributed by atoms with Crippen LogP contribution in [0.25, 0.3) is 11.8 Å². The molecular formula is C30H23Br2NO4. The summed E-state index contributed by atoms with van der Waals surface area (Å²) in [5.74, 6) is -0.713. The van der Waals surface area contributed by atoms with E-state index in [1.54, 1.807) is 54.6 Å². The number of hydrogen-bond donors (Lipinski definition) is 0. The van der Waals surface area contributed by atoms with Crippen LogP contribution in [0.5, 0.6) is 11.5 Å². The quantitative estimate of drug-likeness (QED) is 0.255. The third kappa shape index (κ3) is 5.20. The fourth-order valence-corrected chi connectivity index (χ4v) is 5.05. The molecule has 0 amide bonds. The first-order chi connectivity index (χ1) is 17.8. The average molecular weight is 621 g/mol. The molecule has 186 valence electrons. The van der Waals surface area contributed by atoms with Gasteiger partial charge in [-0.2, -0.15) is 0 Å². The van der Waals surface area contributed by atoms with Crippen LogP contribution in [0.15, 0.2) is 93.0 Å². The van der Waals surface area contributed by atoms with E-state index in [-0.39, 0.29) is 11.5 Å². The zero-order valence-corrected chi connectivity index (χ0v) is 23.4. The van der Waals surface area contributed by atoms with E-state index >= 15 is 0 Å². The fourth-order valence-electron chi connectivity index (χ4n) is 4.52. The smallest absolute Gasteiger partial charge is 0.343 e. The van der Waals surface area contributed by atoms with Crippen LogP contribution in [-0.2, 0) is 0 Å². The van der Waals surface area contributed by atoms with Gasteiger partial charge in [0.2, 0.25) is 0 Å². The number of carbonyl (C=O) groups is 2. The van der Waals surface area contributed by atoms with Gasteiger partial charge in [0.05, 0.1) is 11.1 Å². The first-order valence-corrected chi connectivity index (χ1v) is 13.4. The zero-order chi connectivity index (χ0) is 26.1. The summed E-state index contributed by atoms with van der Waals surface area (Å²) in [4.78, 5) is 28.1. The lowest BCUT2D eigenvalue weighted by molar-refractivity contribution is 0.0682. The summed E-state index contributed by atoms with van der Waals surface area (Å²) in [7, 11) is 2.02. The van der Waals surface area contributed by atoms with Crippen LogP contribution in [0, 0.1) is 0 Å². The molecule has 0 unspecified atom stereocenters. The molecule has 0 saturated heterocycles. The number of ether oxygens (including phenoxy) is 2. The molecule has 37 heavy (non-hydrogen) atoms. The number of rotatable bonds is 5. The Labute approximate surface area is 231 Å². The maximum Gasteiger partial charge on any atom is 0.343 e. The van der Waals surface area contributed by atoms with E-state index < -0.39 is 11.9 Å². The van der Waals surface area contributed by atoms with Gasteiger partial charge in [-0.3, -0.25) is 0 Å². The normalized spacial score (nSPS) is 14.1. The molecule has 5 nitrogen and oxygen atoms in total. The van der Waals surface area contributed by atoms with Crippen molar-refractivity contribution in [3.63, 3.8) is 0 Å². The third-order valence-electron chi connectivity index (χ3n) is 6.30. The van der Waals surface area contributed by atoms with Crippen LogP contribution in [0.1, 0.15) is 40.5 Å². The summed E-state index contributed by atoms with van der Waals surface area (Å²) in [5, 5.41) is 1.83. The highest BCUT2D eigenvalue weighted by atomic mass is 79.9. The Morgan fingerprint density at radius 3 is 1.95 bits per heavy atom. The predicted octanol–water partition coefficient (Wildman–Crippen LogP) is 6.11. The van der Waals surface area contributed by atoms with Crippen molar-refractivity contribution in [1.29, 1.82) is 0 Å². The van der Waals surface area contributed by atoms with Crippen molar-refractivity contribution in [2.45, 2.75) is 19.8 Å². The first-order valence-electron chi connectivity index (χ1n) is 11.8. The molecule has 5 rings (SSSR count). The molecule has 0 atom stereocenters. The Morgan fingerprint density at radius 1 is 0.865 bits per heavy atom. The zero-order valence-electron chi connectivity index (χ0n) is 20.3. The molecule has 7 heteroatoms. The van der Waals surface area contributed by atoms with Crippen molar-refractivity contribution in [3.8, 4) is 11.5 Å². The molecule has 0 saturated carbocycles. The van der Waals surface area contributed by atoms with Crippen LogP contribution in [0.2, 0.25) is 0 Å². The number of allylic oxidation sites excluding steroid dienone is 4. The largest absolute Gasteiger partial charge is 0.419 e. The number of fused-ring (bicyclic) bond motifs is 2. The number of benzene rings is 3. The molecule has 0 spiro atoms. The molecule has 2 aliphatic rings. The third-order valence-corrected chi connectivity index (χ3v) is 7.36. The van der Waals surface area contributed by atoms with Crippen molar-refractivity contribution >= 4 is 55.6 Å². The van der Waals surface area contributed by atoms with Gasteiger partial charge in [-0.05, 0) is 89.9 Å². The maximum atomic E-state index is 13.0. The van der Waals surface area contributed by atoms with Crippen LogP contribution in [-0.4, -0.2) is 23.9 Å². The van der Waals surface area contributed by atoms with E-state index in [1.165, 1.54) is 5.57 Å². The van der Waals surface area contributed by atoms with Gasteiger partial charge in [-0.25, -0.2) is 9.59 Å². The van der Waals surface area contributed by atoms with Gasteiger partial charge >= 0.3 is 11.9 Å². The number of halogens is 2. The minimum atomic E-state index is -0.542. The lowest BCUT2D eigenvalue weighted by atomic mass is 9.91. The van der Waals surface area contributed by atoms with E-state index in [0.29, 0.717) is 11.1 Å². The first kappa shape index (κ1) is 25.2. The molecule has 1 aliphatic heterocycles. The Hall–Kier alpha value is -3.42. The van der Waals surface area contributed by atoms with Gasteiger partial charge in [-0.15, -0.1) is 0 Å². The number of nitrogens with zero attached hydrogens (tertiary/aromatic N) is 1. The van der Waals surface area contributed by atoms with Gasteiger partial charge in [-0.1, -0.05) is 50.9 Å². The Morgan fingerprint density at radius 2 is 1.41 bits per heavy atom.